The topological polar surface area (TPSA) is 44.8 Å². The van der Waals surface area contributed by atoms with Crippen molar-refractivity contribution in [2.45, 2.75) is 53.1 Å². The zero-order valence-corrected chi connectivity index (χ0v) is 10.3. The maximum absolute atomic E-state index is 11.0. The van der Waals surface area contributed by atoms with E-state index in [4.69, 9.17) is 9.62 Å². The first-order valence-corrected chi connectivity index (χ1v) is 5.37. The van der Waals surface area contributed by atoms with E-state index in [1.54, 1.807) is 20.8 Å². The van der Waals surface area contributed by atoms with Gasteiger partial charge in [0.25, 0.3) is 0 Å². The van der Waals surface area contributed by atoms with Gasteiger partial charge in [-0.1, -0.05) is 20.3 Å². The highest BCUT2D eigenvalue weighted by atomic mass is 17.2. The fourth-order valence-electron chi connectivity index (χ4n) is 0.970. The van der Waals surface area contributed by atoms with Crippen LogP contribution in [0.5, 0.6) is 0 Å². The van der Waals surface area contributed by atoms with Gasteiger partial charge in [-0.15, -0.1) is 0 Å². The smallest absolute Gasteiger partial charge is 0.432 e. The van der Waals surface area contributed by atoms with Crippen LogP contribution < -0.4 is 0 Å². The number of carbonyl (C=O) groups is 1. The largest absolute Gasteiger partial charge is 0.540 e. The number of rotatable bonds is 5. The van der Waals surface area contributed by atoms with Crippen LogP contribution in [0.25, 0.3) is 0 Å². The first-order chi connectivity index (χ1) is 6.85. The van der Waals surface area contributed by atoms with Gasteiger partial charge in [0.05, 0.1) is 6.61 Å². The molecule has 0 aliphatic heterocycles. The first-order valence-electron chi connectivity index (χ1n) is 5.37. The molecule has 0 amide bonds. The molecule has 0 aromatic rings. The van der Waals surface area contributed by atoms with Gasteiger partial charge in [0.2, 0.25) is 0 Å². The third-order valence-corrected chi connectivity index (χ3v) is 1.63. The first kappa shape index (κ1) is 14.2. The summed E-state index contributed by atoms with van der Waals surface area (Å²) >= 11 is 0. The van der Waals surface area contributed by atoms with E-state index in [9.17, 15) is 4.79 Å². The Kier molecular flexibility index (Phi) is 6.32. The molecule has 0 rings (SSSR count). The molecule has 4 nitrogen and oxygen atoms in total. The number of ether oxygens (including phenoxy) is 1. The second-order valence-corrected chi connectivity index (χ2v) is 4.73. The SMILES string of the molecule is CCCC(C)COC(=O)OOC(C)(C)C. The lowest BCUT2D eigenvalue weighted by atomic mass is 10.1. The normalized spacial score (nSPS) is 13.4. The van der Waals surface area contributed by atoms with E-state index in [0.717, 1.165) is 12.8 Å². The van der Waals surface area contributed by atoms with Gasteiger partial charge in [-0.25, -0.2) is 4.79 Å². The summed E-state index contributed by atoms with van der Waals surface area (Å²) in [6.07, 6.45) is 1.35. The molecule has 0 aliphatic rings. The molecule has 0 bridgehead atoms. The highest BCUT2D eigenvalue weighted by Crippen LogP contribution is 2.09. The maximum Gasteiger partial charge on any atom is 0.540 e. The maximum atomic E-state index is 11.0. The predicted molar refractivity (Wildman–Crippen MR) is 57.3 cm³/mol. The van der Waals surface area contributed by atoms with Crippen LogP contribution in [0.2, 0.25) is 0 Å². The lowest BCUT2D eigenvalue weighted by Crippen LogP contribution is -2.23. The summed E-state index contributed by atoms with van der Waals surface area (Å²) in [6, 6.07) is 0. The van der Waals surface area contributed by atoms with E-state index in [-0.39, 0.29) is 0 Å². The fourth-order valence-corrected chi connectivity index (χ4v) is 0.970. The molecule has 0 aromatic carbocycles. The van der Waals surface area contributed by atoms with E-state index in [1.807, 2.05) is 6.92 Å². The van der Waals surface area contributed by atoms with Crippen LogP contribution in [-0.4, -0.2) is 18.4 Å². The quantitative estimate of drug-likeness (QED) is 0.403. The molecular weight excluding hydrogens is 196 g/mol. The van der Waals surface area contributed by atoms with Crippen molar-refractivity contribution in [3.63, 3.8) is 0 Å². The zero-order chi connectivity index (χ0) is 11.9. The van der Waals surface area contributed by atoms with Gasteiger partial charge in [0.15, 0.2) is 0 Å². The van der Waals surface area contributed by atoms with E-state index in [2.05, 4.69) is 11.8 Å². The van der Waals surface area contributed by atoms with E-state index < -0.39 is 11.8 Å². The van der Waals surface area contributed by atoms with Crippen molar-refractivity contribution in [3.8, 4) is 0 Å². The summed E-state index contributed by atoms with van der Waals surface area (Å²) in [4.78, 5) is 20.3. The molecule has 0 fully saturated rings. The molecule has 15 heavy (non-hydrogen) atoms. The fraction of sp³-hybridized carbons (Fsp3) is 0.909. The Balaban J connectivity index is 3.58. The van der Waals surface area contributed by atoms with Crippen molar-refractivity contribution >= 4 is 6.16 Å². The van der Waals surface area contributed by atoms with Gasteiger partial charge in [0.1, 0.15) is 5.60 Å². The number of carbonyl (C=O) groups excluding carboxylic acids is 1. The van der Waals surface area contributed by atoms with Crippen molar-refractivity contribution in [3.05, 3.63) is 0 Å². The predicted octanol–water partition coefficient (Wildman–Crippen LogP) is 3.31. The molecule has 0 spiro atoms. The van der Waals surface area contributed by atoms with Gasteiger partial charge in [-0.2, -0.15) is 4.89 Å². The highest BCUT2D eigenvalue weighted by molar-refractivity contribution is 5.58. The Bertz CT molecular complexity index is 184. The standard InChI is InChI=1S/C11H22O4/c1-6-7-9(2)8-13-10(12)14-15-11(3,4)5/h9H,6-8H2,1-5H3. The molecule has 4 heteroatoms. The van der Waals surface area contributed by atoms with Crippen molar-refractivity contribution in [1.29, 1.82) is 0 Å². The van der Waals surface area contributed by atoms with Crippen LogP contribution in [0.15, 0.2) is 0 Å². The minimum atomic E-state index is -0.770. The molecule has 0 saturated carbocycles. The van der Waals surface area contributed by atoms with E-state index in [1.165, 1.54) is 0 Å². The third-order valence-electron chi connectivity index (χ3n) is 1.63. The Hall–Kier alpha value is -0.770. The van der Waals surface area contributed by atoms with Gasteiger partial charge in [-0.05, 0) is 33.1 Å². The second-order valence-electron chi connectivity index (χ2n) is 4.73. The summed E-state index contributed by atoms with van der Waals surface area (Å²) in [7, 11) is 0. The van der Waals surface area contributed by atoms with Gasteiger partial charge >= 0.3 is 6.16 Å². The zero-order valence-electron chi connectivity index (χ0n) is 10.3. The summed E-state index contributed by atoms with van der Waals surface area (Å²) in [5, 5.41) is 0. The van der Waals surface area contributed by atoms with Crippen molar-refractivity contribution in [2.24, 2.45) is 5.92 Å². The Morgan fingerprint density at radius 1 is 1.33 bits per heavy atom. The molecule has 90 valence electrons. The van der Waals surface area contributed by atoms with Crippen LogP contribution in [0, 0.1) is 5.92 Å². The van der Waals surface area contributed by atoms with Crippen LogP contribution >= 0.6 is 0 Å². The average Bonchev–Trinajstić information content (AvgIpc) is 2.11. The van der Waals surface area contributed by atoms with Crippen molar-refractivity contribution < 1.29 is 19.3 Å². The van der Waals surface area contributed by atoms with E-state index >= 15 is 0 Å². The molecule has 0 aliphatic carbocycles. The summed E-state index contributed by atoms with van der Waals surface area (Å²) < 4.78 is 4.87. The molecule has 0 N–H and O–H groups in total. The van der Waals surface area contributed by atoms with Crippen molar-refractivity contribution in [1.82, 2.24) is 0 Å². The van der Waals surface area contributed by atoms with Gasteiger partial charge in [0, 0.05) is 0 Å². The summed E-state index contributed by atoms with van der Waals surface area (Å²) in [5.74, 6) is 0.359. The lowest BCUT2D eigenvalue weighted by molar-refractivity contribution is -0.312. The second kappa shape index (κ2) is 6.67. The Morgan fingerprint density at radius 3 is 2.40 bits per heavy atom. The Labute approximate surface area is 91.8 Å². The molecular formula is C11H22O4. The van der Waals surface area contributed by atoms with Crippen LogP contribution in [0.1, 0.15) is 47.5 Å². The minimum absolute atomic E-state index is 0.359. The summed E-state index contributed by atoms with van der Waals surface area (Å²) in [6.45, 7) is 9.87. The number of hydrogen-bond acceptors (Lipinski definition) is 4. The molecule has 0 aromatic heterocycles. The van der Waals surface area contributed by atoms with Crippen LogP contribution in [0.3, 0.4) is 0 Å². The molecule has 0 radical (unpaired) electrons. The Morgan fingerprint density at radius 2 is 1.93 bits per heavy atom. The van der Waals surface area contributed by atoms with Crippen LogP contribution in [-0.2, 0) is 14.5 Å². The average molecular weight is 218 g/mol. The number of hydrogen-bond donors (Lipinski definition) is 0. The molecule has 0 saturated heterocycles. The molecule has 0 heterocycles. The molecule has 1 unspecified atom stereocenters. The lowest BCUT2D eigenvalue weighted by Gasteiger charge is -2.16. The minimum Gasteiger partial charge on any atom is -0.432 e. The van der Waals surface area contributed by atoms with E-state index in [0.29, 0.717) is 12.5 Å². The monoisotopic (exact) mass is 218 g/mol. The third kappa shape index (κ3) is 9.53. The van der Waals surface area contributed by atoms with Crippen molar-refractivity contribution in [2.75, 3.05) is 6.61 Å². The van der Waals surface area contributed by atoms with Crippen LogP contribution in [0.4, 0.5) is 4.79 Å². The summed E-state index contributed by atoms with van der Waals surface area (Å²) in [5.41, 5.74) is -0.506. The highest BCUT2D eigenvalue weighted by Gasteiger charge is 2.16. The van der Waals surface area contributed by atoms with Gasteiger partial charge < -0.3 is 4.74 Å². The van der Waals surface area contributed by atoms with Gasteiger partial charge in [-0.3, -0.25) is 4.89 Å². The molecule has 1 atom stereocenters.